The minimum absolute atomic E-state index is 0.315. The maximum Gasteiger partial charge on any atom is 0.337 e. The molecule has 10 nitrogen and oxygen atoms in total. The first kappa shape index (κ1) is 22.2. The highest BCUT2D eigenvalue weighted by molar-refractivity contribution is 6.39. The largest absolute Gasteiger partial charge is 0.493 e. The normalized spacial score (nSPS) is 10.3. The second-order valence-corrected chi connectivity index (χ2v) is 5.68. The van der Waals surface area contributed by atoms with Crippen LogP contribution < -0.4 is 25.0 Å². The van der Waals surface area contributed by atoms with Crippen LogP contribution in [-0.2, 0) is 14.3 Å². The predicted octanol–water partition coefficient (Wildman–Crippen LogP) is 1.59. The zero-order chi connectivity index (χ0) is 22.1. The Bertz CT molecular complexity index is 930. The fraction of sp³-hybridized carbons (Fsp3) is 0.200. The van der Waals surface area contributed by atoms with Gasteiger partial charge in [-0.3, -0.25) is 9.59 Å². The number of methoxy groups -OCH3 is 4. The van der Waals surface area contributed by atoms with Crippen LogP contribution in [0.5, 0.6) is 17.2 Å². The number of hydrazone groups is 1. The summed E-state index contributed by atoms with van der Waals surface area (Å²) in [4.78, 5) is 35.3. The Kier molecular flexibility index (Phi) is 7.74. The highest BCUT2D eigenvalue weighted by Gasteiger charge is 2.15. The smallest absolute Gasteiger partial charge is 0.337 e. The number of carbonyl (C=O) groups excluding carboxylic acids is 3. The molecule has 0 bridgehead atoms. The van der Waals surface area contributed by atoms with E-state index in [-0.39, 0.29) is 0 Å². The predicted molar refractivity (Wildman–Crippen MR) is 108 cm³/mol. The lowest BCUT2D eigenvalue weighted by atomic mass is 10.2. The minimum Gasteiger partial charge on any atom is -0.493 e. The van der Waals surface area contributed by atoms with Gasteiger partial charge in [-0.25, -0.2) is 10.2 Å². The topological polar surface area (TPSA) is 125 Å². The van der Waals surface area contributed by atoms with Crippen LogP contribution in [0.3, 0.4) is 0 Å². The van der Waals surface area contributed by atoms with Crippen molar-refractivity contribution in [3.63, 3.8) is 0 Å². The van der Waals surface area contributed by atoms with E-state index in [0.29, 0.717) is 34.1 Å². The van der Waals surface area contributed by atoms with Gasteiger partial charge in [-0.2, -0.15) is 5.10 Å². The van der Waals surface area contributed by atoms with Gasteiger partial charge in [0.1, 0.15) is 0 Å². The van der Waals surface area contributed by atoms with Crippen molar-refractivity contribution in [2.45, 2.75) is 0 Å². The van der Waals surface area contributed by atoms with Crippen LogP contribution in [0.4, 0.5) is 5.69 Å². The Hall–Kier alpha value is -4.08. The molecule has 0 aliphatic heterocycles. The number of rotatable bonds is 7. The molecule has 158 valence electrons. The molecule has 0 spiro atoms. The minimum atomic E-state index is -0.976. The number of anilines is 1. The summed E-state index contributed by atoms with van der Waals surface area (Å²) < 4.78 is 20.3. The first-order valence-corrected chi connectivity index (χ1v) is 8.56. The molecule has 10 heteroatoms. The van der Waals surface area contributed by atoms with Gasteiger partial charge in [0.25, 0.3) is 0 Å². The van der Waals surface area contributed by atoms with E-state index in [9.17, 15) is 14.4 Å². The van der Waals surface area contributed by atoms with Gasteiger partial charge < -0.3 is 24.3 Å². The Balaban J connectivity index is 2.00. The zero-order valence-corrected chi connectivity index (χ0v) is 16.8. The molecular weight excluding hydrogens is 394 g/mol. The van der Waals surface area contributed by atoms with E-state index in [1.165, 1.54) is 58.9 Å². The van der Waals surface area contributed by atoms with Gasteiger partial charge >= 0.3 is 17.8 Å². The van der Waals surface area contributed by atoms with E-state index in [4.69, 9.17) is 14.2 Å². The quantitative estimate of drug-likeness (QED) is 0.304. The standard InChI is InChI=1S/C20H21N3O7/c1-27-15-9-12(10-16(28-2)17(15)29-3)11-21-23-19(25)18(24)22-14-7-5-13(6-8-14)20(26)30-4/h5-11H,1-4H3,(H,22,24)(H,23,25)/b21-11+. The van der Waals surface area contributed by atoms with Crippen LogP contribution >= 0.6 is 0 Å². The molecule has 0 aromatic heterocycles. The molecule has 0 saturated carbocycles. The molecule has 0 unspecified atom stereocenters. The maximum absolute atomic E-state index is 12.0. The van der Waals surface area contributed by atoms with Crippen LogP contribution in [-0.4, -0.2) is 52.4 Å². The number of nitrogens with one attached hydrogen (secondary N) is 2. The third-order valence-corrected chi connectivity index (χ3v) is 3.84. The van der Waals surface area contributed by atoms with E-state index in [2.05, 4.69) is 20.6 Å². The molecule has 2 aromatic rings. The van der Waals surface area contributed by atoms with Gasteiger partial charge in [0, 0.05) is 11.3 Å². The molecule has 2 aromatic carbocycles. The van der Waals surface area contributed by atoms with Crippen LogP contribution in [0.25, 0.3) is 0 Å². The molecule has 2 amide bonds. The van der Waals surface area contributed by atoms with Crippen molar-refractivity contribution in [2.24, 2.45) is 5.10 Å². The van der Waals surface area contributed by atoms with Crippen molar-refractivity contribution in [3.8, 4) is 17.2 Å². The van der Waals surface area contributed by atoms with E-state index in [1.807, 2.05) is 0 Å². The Morgan fingerprint density at radius 3 is 1.97 bits per heavy atom. The lowest BCUT2D eigenvalue weighted by Gasteiger charge is -2.12. The third-order valence-electron chi connectivity index (χ3n) is 3.84. The number of ether oxygens (including phenoxy) is 4. The number of amides is 2. The summed E-state index contributed by atoms with van der Waals surface area (Å²) in [7, 11) is 5.70. The van der Waals surface area contributed by atoms with Gasteiger partial charge in [-0.15, -0.1) is 0 Å². The van der Waals surface area contributed by atoms with Crippen molar-refractivity contribution in [2.75, 3.05) is 33.8 Å². The van der Waals surface area contributed by atoms with E-state index >= 15 is 0 Å². The lowest BCUT2D eigenvalue weighted by molar-refractivity contribution is -0.136. The second kappa shape index (κ2) is 10.5. The number of hydrogen-bond donors (Lipinski definition) is 2. The summed E-state index contributed by atoms with van der Waals surface area (Å²) in [6, 6.07) is 9.11. The van der Waals surface area contributed by atoms with Crippen LogP contribution in [0.1, 0.15) is 15.9 Å². The van der Waals surface area contributed by atoms with E-state index < -0.39 is 17.8 Å². The average molecular weight is 415 g/mol. The summed E-state index contributed by atoms with van der Waals surface area (Å²) in [6.07, 6.45) is 1.32. The Morgan fingerprint density at radius 2 is 1.47 bits per heavy atom. The van der Waals surface area contributed by atoms with Gasteiger partial charge in [-0.1, -0.05) is 0 Å². The molecule has 0 heterocycles. The summed E-state index contributed by atoms with van der Waals surface area (Å²) >= 11 is 0. The first-order chi connectivity index (χ1) is 14.4. The van der Waals surface area contributed by atoms with Gasteiger partial charge in [0.05, 0.1) is 40.2 Å². The lowest BCUT2D eigenvalue weighted by Crippen LogP contribution is -2.32. The average Bonchev–Trinajstić information content (AvgIpc) is 2.77. The number of hydrogen-bond acceptors (Lipinski definition) is 8. The molecule has 30 heavy (non-hydrogen) atoms. The molecular formula is C20H21N3O7. The number of carbonyl (C=O) groups is 3. The van der Waals surface area contributed by atoms with Crippen molar-refractivity contribution in [1.29, 1.82) is 0 Å². The van der Waals surface area contributed by atoms with Gasteiger partial charge in [-0.05, 0) is 36.4 Å². The monoisotopic (exact) mass is 415 g/mol. The van der Waals surface area contributed by atoms with Crippen molar-refractivity contribution < 1.29 is 33.3 Å². The molecule has 2 rings (SSSR count). The van der Waals surface area contributed by atoms with Crippen LogP contribution in [0, 0.1) is 0 Å². The van der Waals surface area contributed by atoms with Crippen molar-refractivity contribution >= 4 is 29.7 Å². The Labute approximate surface area is 172 Å². The molecule has 0 saturated heterocycles. The fourth-order valence-corrected chi connectivity index (χ4v) is 2.39. The summed E-state index contributed by atoms with van der Waals surface area (Å²) in [5, 5.41) is 6.15. The summed E-state index contributed by atoms with van der Waals surface area (Å²) in [6.45, 7) is 0. The molecule has 0 aliphatic rings. The zero-order valence-electron chi connectivity index (χ0n) is 16.8. The SMILES string of the molecule is COC(=O)c1ccc(NC(=O)C(=O)N/N=C/c2cc(OC)c(OC)c(OC)c2)cc1. The molecule has 0 fully saturated rings. The van der Waals surface area contributed by atoms with E-state index in [0.717, 1.165) is 0 Å². The molecule has 0 aliphatic carbocycles. The highest BCUT2D eigenvalue weighted by Crippen LogP contribution is 2.37. The van der Waals surface area contributed by atoms with Gasteiger partial charge in [0.15, 0.2) is 11.5 Å². The summed E-state index contributed by atoms with van der Waals surface area (Å²) in [5.41, 5.74) is 3.31. The molecule has 0 radical (unpaired) electrons. The third kappa shape index (κ3) is 5.47. The van der Waals surface area contributed by atoms with Gasteiger partial charge in [0.2, 0.25) is 5.75 Å². The van der Waals surface area contributed by atoms with Crippen molar-refractivity contribution in [1.82, 2.24) is 5.43 Å². The number of esters is 1. The van der Waals surface area contributed by atoms with E-state index in [1.54, 1.807) is 12.1 Å². The molecule has 2 N–H and O–H groups in total. The number of nitrogens with zero attached hydrogens (tertiary/aromatic N) is 1. The van der Waals surface area contributed by atoms with Crippen LogP contribution in [0.2, 0.25) is 0 Å². The number of benzene rings is 2. The maximum atomic E-state index is 12.0. The van der Waals surface area contributed by atoms with Crippen LogP contribution in [0.15, 0.2) is 41.5 Å². The van der Waals surface area contributed by atoms with Crippen molar-refractivity contribution in [3.05, 3.63) is 47.5 Å². The summed E-state index contributed by atoms with van der Waals surface area (Å²) in [5.74, 6) is -1.17. The Morgan fingerprint density at radius 1 is 0.867 bits per heavy atom. The first-order valence-electron chi connectivity index (χ1n) is 8.56. The fourth-order valence-electron chi connectivity index (χ4n) is 2.39. The molecule has 0 atom stereocenters. The highest BCUT2D eigenvalue weighted by atomic mass is 16.5. The second-order valence-electron chi connectivity index (χ2n) is 5.68.